The predicted octanol–water partition coefficient (Wildman–Crippen LogP) is 4.31. The molecule has 0 aromatic carbocycles. The highest BCUT2D eigenvalue weighted by atomic mass is 35.5. The van der Waals surface area contributed by atoms with Gasteiger partial charge in [-0.25, -0.2) is 4.98 Å². The number of anilines is 3. The molecule has 0 radical (unpaired) electrons. The van der Waals surface area contributed by atoms with E-state index < -0.39 is 0 Å². The van der Waals surface area contributed by atoms with Crippen LogP contribution >= 0.6 is 11.6 Å². The summed E-state index contributed by atoms with van der Waals surface area (Å²) in [5.74, 6) is 3.66. The number of halogens is 1. The molecule has 2 atom stereocenters. The van der Waals surface area contributed by atoms with Gasteiger partial charge in [-0.1, -0.05) is 16.8 Å². The fraction of sp³-hybridized carbons (Fsp3) is 0.524. The highest BCUT2D eigenvalue weighted by Gasteiger charge is 2.33. The highest BCUT2D eigenvalue weighted by Crippen LogP contribution is 2.40. The fourth-order valence-corrected chi connectivity index (χ4v) is 4.57. The molecule has 5 heterocycles. The Labute approximate surface area is 184 Å². The van der Waals surface area contributed by atoms with Crippen LogP contribution in [-0.4, -0.2) is 45.1 Å². The van der Waals surface area contributed by atoms with Crippen LogP contribution in [0.5, 0.6) is 0 Å². The Balaban J connectivity index is 1.23. The van der Waals surface area contributed by atoms with Crippen LogP contribution < -0.4 is 10.2 Å². The molecule has 2 N–H and O–H groups in total. The third-order valence-electron chi connectivity index (χ3n) is 6.33. The smallest absolute Gasteiger partial charge is 0.228 e. The van der Waals surface area contributed by atoms with E-state index in [2.05, 4.69) is 36.6 Å². The van der Waals surface area contributed by atoms with Crippen LogP contribution in [-0.2, 0) is 4.74 Å². The molecule has 1 saturated carbocycles. The summed E-state index contributed by atoms with van der Waals surface area (Å²) in [6, 6.07) is 4.15. The number of hydrogen-bond donors (Lipinski definition) is 2. The maximum Gasteiger partial charge on any atom is 0.228 e. The first-order chi connectivity index (χ1) is 15.2. The Morgan fingerprint density at radius 3 is 2.94 bits per heavy atom. The first-order valence-corrected chi connectivity index (χ1v) is 11.3. The lowest BCUT2D eigenvalue weighted by molar-refractivity contribution is 0.193. The maximum absolute atomic E-state index is 6.38. The summed E-state index contributed by atoms with van der Waals surface area (Å²) in [4.78, 5) is 11.4. The monoisotopic (exact) mass is 441 g/mol. The van der Waals surface area contributed by atoms with Gasteiger partial charge >= 0.3 is 0 Å². The standard InChI is InChI=1S/C21H24ClN7O2/c22-14-10-23-21(25-20(14)24-19-9-15(26-27-19)12-3-4-12)29-6-1-2-17(29)18-8-16(28-31-18)13-5-7-30-11-13/h8-10,12-13,17H,1-7,11H2,(H2,23,24,25,26,27). The van der Waals surface area contributed by atoms with E-state index in [1.165, 1.54) is 12.8 Å². The number of aromatic nitrogens is 5. The Kier molecular flexibility index (Phi) is 4.80. The molecular formula is C21H24ClN7O2. The van der Waals surface area contributed by atoms with E-state index in [-0.39, 0.29) is 6.04 Å². The maximum atomic E-state index is 6.38. The fourth-order valence-electron chi connectivity index (χ4n) is 4.43. The van der Waals surface area contributed by atoms with E-state index >= 15 is 0 Å². The lowest BCUT2D eigenvalue weighted by Gasteiger charge is -2.23. The minimum absolute atomic E-state index is 0.0597. The van der Waals surface area contributed by atoms with Gasteiger partial charge < -0.3 is 19.5 Å². The zero-order valence-electron chi connectivity index (χ0n) is 17.1. The number of nitrogens with zero attached hydrogens (tertiary/aromatic N) is 5. The van der Waals surface area contributed by atoms with Crippen molar-refractivity contribution in [3.8, 4) is 0 Å². The first kappa shape index (κ1) is 19.1. The van der Waals surface area contributed by atoms with Crippen molar-refractivity contribution in [3.63, 3.8) is 0 Å². The quantitative estimate of drug-likeness (QED) is 0.583. The van der Waals surface area contributed by atoms with E-state index in [1.54, 1.807) is 6.20 Å². The molecular weight excluding hydrogens is 418 g/mol. The molecule has 1 aliphatic carbocycles. The predicted molar refractivity (Wildman–Crippen MR) is 115 cm³/mol. The molecule has 3 aromatic rings. The van der Waals surface area contributed by atoms with E-state index in [9.17, 15) is 0 Å². The Morgan fingerprint density at radius 2 is 2.10 bits per heavy atom. The van der Waals surface area contributed by atoms with Crippen molar-refractivity contribution in [1.82, 2.24) is 25.3 Å². The Morgan fingerprint density at radius 1 is 1.16 bits per heavy atom. The van der Waals surface area contributed by atoms with Crippen LogP contribution in [0.15, 0.2) is 22.9 Å². The number of H-pyrrole nitrogens is 1. The van der Waals surface area contributed by atoms with Gasteiger partial charge in [0.25, 0.3) is 0 Å². The van der Waals surface area contributed by atoms with E-state index in [4.69, 9.17) is 25.8 Å². The number of hydrogen-bond acceptors (Lipinski definition) is 8. The lowest BCUT2D eigenvalue weighted by atomic mass is 10.0. The number of aromatic amines is 1. The highest BCUT2D eigenvalue weighted by molar-refractivity contribution is 6.32. The first-order valence-electron chi connectivity index (χ1n) is 10.9. The molecule has 6 rings (SSSR count). The molecule has 3 aliphatic rings. The lowest BCUT2D eigenvalue weighted by Crippen LogP contribution is -2.24. The van der Waals surface area contributed by atoms with Gasteiger partial charge in [-0.15, -0.1) is 0 Å². The van der Waals surface area contributed by atoms with Gasteiger partial charge in [-0.05, 0) is 32.1 Å². The molecule has 0 spiro atoms. The summed E-state index contributed by atoms with van der Waals surface area (Å²) in [6.07, 6.45) is 7.06. The normalized spacial score (nSPS) is 23.6. The molecule has 2 saturated heterocycles. The van der Waals surface area contributed by atoms with Crippen LogP contribution in [0.3, 0.4) is 0 Å². The van der Waals surface area contributed by atoms with Gasteiger partial charge in [-0.3, -0.25) is 5.10 Å². The summed E-state index contributed by atoms with van der Waals surface area (Å²) in [7, 11) is 0. The second-order valence-electron chi connectivity index (χ2n) is 8.54. The van der Waals surface area contributed by atoms with E-state index in [0.717, 1.165) is 49.6 Å². The topological polar surface area (TPSA) is 105 Å². The minimum atomic E-state index is 0.0597. The zero-order chi connectivity index (χ0) is 20.8. The molecule has 2 unspecified atom stereocenters. The third-order valence-corrected chi connectivity index (χ3v) is 6.60. The minimum Gasteiger partial charge on any atom is -0.381 e. The van der Waals surface area contributed by atoms with Gasteiger partial charge in [0.05, 0.1) is 24.5 Å². The summed E-state index contributed by atoms with van der Waals surface area (Å²) < 4.78 is 11.2. The molecule has 31 heavy (non-hydrogen) atoms. The van der Waals surface area contributed by atoms with Gasteiger partial charge in [0.1, 0.15) is 5.02 Å². The molecule has 3 fully saturated rings. The Bertz CT molecular complexity index is 1070. The van der Waals surface area contributed by atoms with Crippen molar-refractivity contribution in [2.75, 3.05) is 30.0 Å². The van der Waals surface area contributed by atoms with Crippen molar-refractivity contribution in [3.05, 3.63) is 40.5 Å². The average Bonchev–Trinajstić information content (AvgIpc) is 3.29. The second-order valence-corrected chi connectivity index (χ2v) is 8.95. The van der Waals surface area contributed by atoms with Crippen LogP contribution in [0.1, 0.15) is 67.1 Å². The second kappa shape index (κ2) is 7.80. The van der Waals surface area contributed by atoms with Crippen molar-refractivity contribution >= 4 is 29.2 Å². The van der Waals surface area contributed by atoms with Gasteiger partial charge in [-0.2, -0.15) is 10.1 Å². The van der Waals surface area contributed by atoms with E-state index in [0.29, 0.717) is 41.0 Å². The zero-order valence-corrected chi connectivity index (χ0v) is 17.8. The largest absolute Gasteiger partial charge is 0.381 e. The third kappa shape index (κ3) is 3.76. The average molecular weight is 442 g/mol. The Hall–Kier alpha value is -2.65. The van der Waals surface area contributed by atoms with Crippen molar-refractivity contribution in [2.24, 2.45) is 0 Å². The van der Waals surface area contributed by atoms with Crippen molar-refractivity contribution in [2.45, 2.75) is 50.0 Å². The van der Waals surface area contributed by atoms with E-state index in [1.807, 2.05) is 6.07 Å². The van der Waals surface area contributed by atoms with Crippen LogP contribution in [0.2, 0.25) is 5.02 Å². The summed E-state index contributed by atoms with van der Waals surface area (Å²) >= 11 is 6.38. The van der Waals surface area contributed by atoms with Crippen LogP contribution in [0.4, 0.5) is 17.6 Å². The van der Waals surface area contributed by atoms with Crippen molar-refractivity contribution < 1.29 is 9.26 Å². The van der Waals surface area contributed by atoms with Gasteiger partial charge in [0.2, 0.25) is 5.95 Å². The van der Waals surface area contributed by atoms with Crippen LogP contribution in [0, 0.1) is 0 Å². The molecule has 162 valence electrons. The molecule has 9 nitrogen and oxygen atoms in total. The summed E-state index contributed by atoms with van der Waals surface area (Å²) in [5.41, 5.74) is 2.13. The molecule has 0 bridgehead atoms. The SMILES string of the molecule is Clc1cnc(N2CCCC2c2cc(C3CCOC3)no2)nc1Nc1cc(C2CC2)[nH]n1. The number of nitrogens with one attached hydrogen (secondary N) is 2. The molecule has 2 aliphatic heterocycles. The summed E-state index contributed by atoms with van der Waals surface area (Å²) in [6.45, 7) is 2.35. The molecule has 0 amide bonds. The molecule has 3 aromatic heterocycles. The number of ether oxygens (including phenoxy) is 1. The van der Waals surface area contributed by atoms with Crippen molar-refractivity contribution in [1.29, 1.82) is 0 Å². The summed E-state index contributed by atoms with van der Waals surface area (Å²) in [5, 5.41) is 15.4. The van der Waals surface area contributed by atoms with Crippen LogP contribution in [0.25, 0.3) is 0 Å². The van der Waals surface area contributed by atoms with Gasteiger partial charge in [0.15, 0.2) is 17.4 Å². The molecule has 10 heteroatoms. The number of rotatable bonds is 6. The van der Waals surface area contributed by atoms with Gasteiger partial charge in [0, 0.05) is 42.8 Å².